The number of halogens is 1. The largest absolute Gasteiger partial charge is 0.476 e. The van der Waals surface area contributed by atoms with Gasteiger partial charge in [-0.05, 0) is 37.1 Å². The number of nitrogens with one attached hydrogen (secondary N) is 1. The van der Waals surface area contributed by atoms with E-state index in [2.05, 4.69) is 26.3 Å². The number of fused-ring (bicyclic) bond motifs is 1. The monoisotopic (exact) mass is 420 g/mol. The number of carbonyl (C=O) groups excluding carboxylic acids is 2. The van der Waals surface area contributed by atoms with Gasteiger partial charge in [0.2, 0.25) is 5.91 Å². The van der Waals surface area contributed by atoms with Crippen LogP contribution in [0.3, 0.4) is 0 Å². The van der Waals surface area contributed by atoms with Crippen LogP contribution in [0.2, 0.25) is 0 Å². The third-order valence-corrected chi connectivity index (χ3v) is 4.59. The number of anilines is 1. The maximum absolute atomic E-state index is 12.7. The number of carbonyl (C=O) groups is 3. The summed E-state index contributed by atoms with van der Waals surface area (Å²) in [4.78, 5) is 37.5. The number of rotatable bonds is 4. The Kier molecular flexibility index (Phi) is 5.08. The summed E-state index contributed by atoms with van der Waals surface area (Å²) >= 11 is 3.37. The number of benzene rings is 1. The third kappa shape index (κ3) is 3.77. The van der Waals surface area contributed by atoms with Crippen LogP contribution < -0.4 is 5.32 Å². The molecule has 26 heavy (non-hydrogen) atoms. The van der Waals surface area contributed by atoms with Gasteiger partial charge in [-0.1, -0.05) is 15.9 Å². The Balaban J connectivity index is 1.73. The second-order valence-corrected chi connectivity index (χ2v) is 6.95. The SMILES string of the molecule is Cc1cc(Br)ccc1NC(=O)CN1CCCn2nc(C(=O)O)cc2C1=O. The Bertz CT molecular complexity index is 893. The first-order valence-electron chi connectivity index (χ1n) is 8.01. The number of hydrogen-bond donors (Lipinski definition) is 2. The highest BCUT2D eigenvalue weighted by Crippen LogP contribution is 2.20. The summed E-state index contributed by atoms with van der Waals surface area (Å²) in [5.74, 6) is -1.89. The Morgan fingerprint density at radius 1 is 1.31 bits per heavy atom. The van der Waals surface area contributed by atoms with E-state index < -0.39 is 11.9 Å². The van der Waals surface area contributed by atoms with E-state index in [1.807, 2.05) is 19.1 Å². The van der Waals surface area contributed by atoms with Crippen LogP contribution in [0.15, 0.2) is 28.7 Å². The highest BCUT2D eigenvalue weighted by Gasteiger charge is 2.27. The highest BCUT2D eigenvalue weighted by molar-refractivity contribution is 9.10. The van der Waals surface area contributed by atoms with E-state index in [1.165, 1.54) is 15.6 Å². The summed E-state index contributed by atoms with van der Waals surface area (Å²) in [6, 6.07) is 6.75. The van der Waals surface area contributed by atoms with Crippen molar-refractivity contribution in [3.05, 3.63) is 45.7 Å². The molecule has 0 unspecified atom stereocenters. The zero-order chi connectivity index (χ0) is 18.8. The molecule has 136 valence electrons. The van der Waals surface area contributed by atoms with Gasteiger partial charge in [0.25, 0.3) is 5.91 Å². The molecule has 3 rings (SSSR count). The molecule has 0 radical (unpaired) electrons. The molecule has 0 aliphatic carbocycles. The van der Waals surface area contributed by atoms with Crippen LogP contribution in [0.4, 0.5) is 5.69 Å². The average molecular weight is 421 g/mol. The van der Waals surface area contributed by atoms with Gasteiger partial charge in [-0.3, -0.25) is 14.3 Å². The van der Waals surface area contributed by atoms with Crippen LogP contribution in [0.1, 0.15) is 33.0 Å². The molecule has 2 N–H and O–H groups in total. The lowest BCUT2D eigenvalue weighted by atomic mass is 10.2. The summed E-state index contributed by atoms with van der Waals surface area (Å²) in [5.41, 5.74) is 1.59. The number of aromatic nitrogens is 2. The molecular weight excluding hydrogens is 404 g/mol. The maximum Gasteiger partial charge on any atom is 0.356 e. The van der Waals surface area contributed by atoms with Crippen molar-refractivity contribution in [2.24, 2.45) is 0 Å². The van der Waals surface area contributed by atoms with Crippen molar-refractivity contribution < 1.29 is 19.5 Å². The van der Waals surface area contributed by atoms with E-state index in [-0.39, 0.29) is 23.8 Å². The lowest BCUT2D eigenvalue weighted by molar-refractivity contribution is -0.116. The van der Waals surface area contributed by atoms with Crippen LogP contribution >= 0.6 is 15.9 Å². The van der Waals surface area contributed by atoms with Crippen molar-refractivity contribution in [2.75, 3.05) is 18.4 Å². The molecule has 0 bridgehead atoms. The maximum atomic E-state index is 12.7. The van der Waals surface area contributed by atoms with Crippen molar-refractivity contribution in [3.63, 3.8) is 0 Å². The van der Waals surface area contributed by atoms with Crippen molar-refractivity contribution in [1.29, 1.82) is 0 Å². The van der Waals surface area contributed by atoms with Gasteiger partial charge >= 0.3 is 5.97 Å². The molecular formula is C17H17BrN4O4. The number of aryl methyl sites for hydroxylation is 2. The van der Waals surface area contributed by atoms with E-state index in [0.717, 1.165) is 10.0 Å². The van der Waals surface area contributed by atoms with Crippen LogP contribution in [0, 0.1) is 6.92 Å². The smallest absolute Gasteiger partial charge is 0.356 e. The molecule has 1 aromatic heterocycles. The minimum absolute atomic E-state index is 0.109. The molecule has 1 aromatic carbocycles. The van der Waals surface area contributed by atoms with Gasteiger partial charge in [-0.2, -0.15) is 5.10 Å². The molecule has 0 fully saturated rings. The lowest BCUT2D eigenvalue weighted by Gasteiger charge is -2.20. The van der Waals surface area contributed by atoms with Crippen molar-refractivity contribution >= 4 is 39.4 Å². The molecule has 0 spiro atoms. The van der Waals surface area contributed by atoms with Crippen molar-refractivity contribution in [1.82, 2.24) is 14.7 Å². The summed E-state index contributed by atoms with van der Waals surface area (Å²) in [5, 5.41) is 15.8. The Morgan fingerprint density at radius 2 is 2.08 bits per heavy atom. The fourth-order valence-electron chi connectivity index (χ4n) is 2.82. The molecule has 1 aliphatic rings. The fraction of sp³-hybridized carbons (Fsp3) is 0.294. The summed E-state index contributed by atoms with van der Waals surface area (Å²) in [6.45, 7) is 2.60. The van der Waals surface area contributed by atoms with Gasteiger partial charge in [-0.25, -0.2) is 4.79 Å². The van der Waals surface area contributed by atoms with Crippen LogP contribution in [0.25, 0.3) is 0 Å². The van der Waals surface area contributed by atoms with Crippen LogP contribution in [-0.2, 0) is 11.3 Å². The van der Waals surface area contributed by atoms with E-state index in [4.69, 9.17) is 5.11 Å². The van der Waals surface area contributed by atoms with E-state index in [1.54, 1.807) is 6.07 Å². The Hall–Kier alpha value is -2.68. The molecule has 2 amide bonds. The van der Waals surface area contributed by atoms with Crippen molar-refractivity contribution in [2.45, 2.75) is 19.9 Å². The van der Waals surface area contributed by atoms with Crippen molar-refractivity contribution in [3.8, 4) is 0 Å². The van der Waals surface area contributed by atoms with E-state index in [9.17, 15) is 14.4 Å². The van der Waals surface area contributed by atoms with E-state index in [0.29, 0.717) is 25.2 Å². The molecule has 2 heterocycles. The van der Waals surface area contributed by atoms with Gasteiger partial charge in [0.15, 0.2) is 5.69 Å². The predicted molar refractivity (Wildman–Crippen MR) is 97.2 cm³/mol. The summed E-state index contributed by atoms with van der Waals surface area (Å²) in [6.07, 6.45) is 0.587. The molecule has 0 atom stereocenters. The minimum atomic E-state index is -1.19. The molecule has 0 saturated heterocycles. The normalized spacial score (nSPS) is 13.9. The topological polar surface area (TPSA) is 105 Å². The predicted octanol–water partition coefficient (Wildman–Crippen LogP) is 2.14. The van der Waals surface area contributed by atoms with Crippen LogP contribution in [0.5, 0.6) is 0 Å². The lowest BCUT2D eigenvalue weighted by Crippen LogP contribution is -2.38. The van der Waals surface area contributed by atoms with E-state index >= 15 is 0 Å². The number of amides is 2. The number of carboxylic acids is 1. The summed E-state index contributed by atoms with van der Waals surface area (Å²) in [7, 11) is 0. The molecule has 0 saturated carbocycles. The van der Waals surface area contributed by atoms with Gasteiger partial charge in [0.1, 0.15) is 12.2 Å². The number of hydrogen-bond acceptors (Lipinski definition) is 4. The molecule has 8 nitrogen and oxygen atoms in total. The van der Waals surface area contributed by atoms with Gasteiger partial charge in [0.05, 0.1) is 0 Å². The minimum Gasteiger partial charge on any atom is -0.476 e. The second kappa shape index (κ2) is 7.28. The number of aromatic carboxylic acids is 1. The first kappa shape index (κ1) is 18.1. The third-order valence-electron chi connectivity index (χ3n) is 4.10. The summed E-state index contributed by atoms with van der Waals surface area (Å²) < 4.78 is 2.31. The molecule has 1 aliphatic heterocycles. The van der Waals surface area contributed by atoms with Gasteiger partial charge in [-0.15, -0.1) is 0 Å². The zero-order valence-corrected chi connectivity index (χ0v) is 15.6. The van der Waals surface area contributed by atoms with Crippen LogP contribution in [-0.4, -0.2) is 50.7 Å². The highest BCUT2D eigenvalue weighted by atomic mass is 79.9. The number of nitrogens with zero attached hydrogens (tertiary/aromatic N) is 3. The standard InChI is InChI=1S/C17H17BrN4O4/c1-10-7-11(18)3-4-12(10)19-15(23)9-21-5-2-6-22-14(16(21)24)8-13(20-22)17(25)26/h3-4,7-8H,2,5-6,9H2,1H3,(H,19,23)(H,25,26). The molecule has 9 heteroatoms. The fourth-order valence-corrected chi connectivity index (χ4v) is 3.30. The Morgan fingerprint density at radius 3 is 2.77 bits per heavy atom. The number of carboxylic acid groups (broad SMARTS) is 1. The first-order valence-corrected chi connectivity index (χ1v) is 8.81. The van der Waals surface area contributed by atoms with Gasteiger partial charge in [0, 0.05) is 29.3 Å². The second-order valence-electron chi connectivity index (χ2n) is 6.03. The van der Waals surface area contributed by atoms with Gasteiger partial charge < -0.3 is 15.3 Å². The Labute approximate surface area is 157 Å². The quantitative estimate of drug-likeness (QED) is 0.787. The molecule has 2 aromatic rings. The zero-order valence-electron chi connectivity index (χ0n) is 14.0. The average Bonchev–Trinajstić information content (AvgIpc) is 2.95. The first-order chi connectivity index (χ1) is 12.3.